The average molecular weight is 559 g/mol. The third kappa shape index (κ3) is 7.61. The number of benzene rings is 2. The first-order valence-electron chi connectivity index (χ1n) is 11.8. The molecule has 1 saturated heterocycles. The smallest absolute Gasteiger partial charge is 0.368 e. The first-order valence-corrected chi connectivity index (χ1v) is 13.7. The van der Waals surface area contributed by atoms with Crippen molar-refractivity contribution < 1.29 is 40.3 Å². The molecule has 2 aromatic rings. The number of alkyl halides is 4. The fourth-order valence-electron chi connectivity index (χ4n) is 4.17. The molecule has 4 atom stereocenters. The number of ether oxygens (including phenoxy) is 1. The van der Waals surface area contributed by atoms with Crippen LogP contribution in [-0.2, 0) is 24.2 Å². The Kier molecular flexibility index (Phi) is 8.69. The Balaban J connectivity index is 1.86. The molecule has 1 amide bonds. The summed E-state index contributed by atoms with van der Waals surface area (Å²) >= 11 is 0. The highest BCUT2D eigenvalue weighted by Gasteiger charge is 2.44. The van der Waals surface area contributed by atoms with E-state index in [0.717, 1.165) is 20.1 Å². The quantitative estimate of drug-likeness (QED) is 0.453. The van der Waals surface area contributed by atoms with Gasteiger partial charge in [0, 0.05) is 12.7 Å². The van der Waals surface area contributed by atoms with Crippen molar-refractivity contribution in [1.29, 1.82) is 0 Å². The molecule has 1 heterocycles. The molecule has 38 heavy (non-hydrogen) atoms. The SMILES string of the molecule is C[C@H]1OCC(=O)[C@H]1NC(=O)[C@H](CC(C)(C)F)N[C@@H](c1ccc(-c2ccc(S(C)(=O)=O)cc2)cc1)C(F)(F)F. The molecule has 2 aromatic carbocycles. The maximum Gasteiger partial charge on any atom is 0.407 e. The normalized spacial score (nSPS) is 20.3. The van der Waals surface area contributed by atoms with Crippen LogP contribution >= 0.6 is 0 Å². The van der Waals surface area contributed by atoms with Gasteiger partial charge in [0.2, 0.25) is 5.91 Å². The second-order valence-corrected chi connectivity index (χ2v) is 12.0. The maximum atomic E-state index is 14.5. The van der Waals surface area contributed by atoms with Gasteiger partial charge >= 0.3 is 6.18 Å². The summed E-state index contributed by atoms with van der Waals surface area (Å²) in [6.07, 6.45) is -5.01. The molecule has 2 N–H and O–H groups in total. The number of rotatable bonds is 9. The number of ketones is 1. The predicted octanol–water partition coefficient (Wildman–Crippen LogP) is 3.93. The molecule has 0 spiro atoms. The highest BCUT2D eigenvalue weighted by atomic mass is 32.2. The van der Waals surface area contributed by atoms with Crippen molar-refractivity contribution in [3.63, 3.8) is 0 Å². The molecule has 3 rings (SSSR count). The van der Waals surface area contributed by atoms with Crippen molar-refractivity contribution in [2.24, 2.45) is 0 Å². The molecule has 0 unspecified atom stereocenters. The van der Waals surface area contributed by atoms with Crippen LogP contribution < -0.4 is 10.6 Å². The number of halogens is 4. The van der Waals surface area contributed by atoms with Crippen LogP contribution in [0.1, 0.15) is 38.8 Å². The average Bonchev–Trinajstić information content (AvgIpc) is 3.12. The van der Waals surface area contributed by atoms with Gasteiger partial charge in [0.1, 0.15) is 24.4 Å². The summed E-state index contributed by atoms with van der Waals surface area (Å²) in [5.41, 5.74) is -1.07. The van der Waals surface area contributed by atoms with Gasteiger partial charge in [0.15, 0.2) is 15.6 Å². The van der Waals surface area contributed by atoms with Crippen molar-refractivity contribution in [3.8, 4) is 11.1 Å². The second-order valence-electron chi connectivity index (χ2n) is 10.0. The van der Waals surface area contributed by atoms with E-state index in [9.17, 15) is 35.6 Å². The van der Waals surface area contributed by atoms with Gasteiger partial charge in [-0.25, -0.2) is 12.8 Å². The molecule has 0 saturated carbocycles. The van der Waals surface area contributed by atoms with E-state index in [2.05, 4.69) is 10.6 Å². The number of amides is 1. The summed E-state index contributed by atoms with van der Waals surface area (Å²) in [4.78, 5) is 25.1. The zero-order valence-electron chi connectivity index (χ0n) is 21.3. The third-order valence-corrected chi connectivity index (χ3v) is 7.29. The second kappa shape index (κ2) is 11.1. The predicted molar refractivity (Wildman–Crippen MR) is 133 cm³/mol. The summed E-state index contributed by atoms with van der Waals surface area (Å²) in [5.74, 6) is -1.36. The van der Waals surface area contributed by atoms with Crippen LogP contribution in [0.15, 0.2) is 53.4 Å². The monoisotopic (exact) mass is 558 g/mol. The topological polar surface area (TPSA) is 102 Å². The lowest BCUT2D eigenvalue weighted by molar-refractivity contribution is -0.161. The van der Waals surface area contributed by atoms with Gasteiger partial charge in [-0.05, 0) is 49.6 Å². The molecule has 12 heteroatoms. The summed E-state index contributed by atoms with van der Waals surface area (Å²) in [7, 11) is -3.40. The number of nitrogens with one attached hydrogen (secondary N) is 2. The van der Waals surface area contributed by atoms with Gasteiger partial charge in [-0.15, -0.1) is 0 Å². The van der Waals surface area contributed by atoms with Crippen LogP contribution in [0.25, 0.3) is 11.1 Å². The fraction of sp³-hybridized carbons (Fsp3) is 0.462. The maximum absolute atomic E-state index is 14.5. The zero-order valence-corrected chi connectivity index (χ0v) is 22.1. The van der Waals surface area contributed by atoms with Crippen LogP contribution in [0.2, 0.25) is 0 Å². The van der Waals surface area contributed by atoms with E-state index < -0.39 is 64.0 Å². The van der Waals surface area contributed by atoms with Crippen LogP contribution in [0.3, 0.4) is 0 Å². The summed E-state index contributed by atoms with van der Waals surface area (Å²) in [6.45, 7) is 3.61. The molecule has 1 fully saturated rings. The van der Waals surface area contributed by atoms with E-state index in [1.165, 1.54) is 36.4 Å². The number of hydrogen-bond acceptors (Lipinski definition) is 6. The minimum absolute atomic E-state index is 0.111. The highest BCUT2D eigenvalue weighted by Crippen LogP contribution is 2.35. The Morgan fingerprint density at radius 3 is 1.97 bits per heavy atom. The van der Waals surface area contributed by atoms with Gasteiger partial charge in [-0.2, -0.15) is 13.2 Å². The molecule has 0 radical (unpaired) electrons. The highest BCUT2D eigenvalue weighted by molar-refractivity contribution is 7.90. The van der Waals surface area contributed by atoms with Crippen molar-refractivity contribution in [3.05, 3.63) is 54.1 Å². The van der Waals surface area contributed by atoms with Gasteiger partial charge in [-0.3, -0.25) is 14.9 Å². The fourth-order valence-corrected chi connectivity index (χ4v) is 4.80. The van der Waals surface area contributed by atoms with E-state index in [1.807, 2.05) is 0 Å². The van der Waals surface area contributed by atoms with Gasteiger partial charge in [-0.1, -0.05) is 36.4 Å². The standard InChI is InChI=1S/C26H30F4N2O5S/c1-15-22(21(33)14-37-15)32-24(34)20(13-25(2,3)27)31-23(26(28,29)30)18-7-5-16(6-8-18)17-9-11-19(12-10-17)38(4,35)36/h5-12,15,20,22-23,31H,13-14H2,1-4H3,(H,32,34)/t15-,20+,22+,23+/m1/s1. The van der Waals surface area contributed by atoms with E-state index in [0.29, 0.717) is 11.1 Å². The molecule has 0 bridgehead atoms. The van der Waals surface area contributed by atoms with Crippen LogP contribution in [-0.4, -0.2) is 63.0 Å². The third-order valence-electron chi connectivity index (χ3n) is 6.16. The van der Waals surface area contributed by atoms with Crippen molar-refractivity contribution in [2.75, 3.05) is 12.9 Å². The number of hydrogen-bond donors (Lipinski definition) is 2. The van der Waals surface area contributed by atoms with Crippen molar-refractivity contribution in [2.45, 2.75) is 68.2 Å². The van der Waals surface area contributed by atoms with Gasteiger partial charge < -0.3 is 10.1 Å². The van der Waals surface area contributed by atoms with Gasteiger partial charge in [0.05, 0.1) is 17.0 Å². The van der Waals surface area contributed by atoms with Crippen LogP contribution in [0.4, 0.5) is 17.6 Å². The van der Waals surface area contributed by atoms with Crippen LogP contribution in [0.5, 0.6) is 0 Å². The molecule has 1 aliphatic rings. The molecular formula is C26H30F4N2O5S. The molecule has 0 aromatic heterocycles. The Hall–Kier alpha value is -2.83. The van der Waals surface area contributed by atoms with Crippen LogP contribution in [0, 0.1) is 0 Å². The van der Waals surface area contributed by atoms with Crippen molar-refractivity contribution in [1.82, 2.24) is 10.6 Å². The lowest BCUT2D eigenvalue weighted by Crippen LogP contribution is -2.55. The first kappa shape index (κ1) is 29.7. The van der Waals surface area contributed by atoms with Crippen molar-refractivity contribution >= 4 is 21.5 Å². The van der Waals surface area contributed by atoms with E-state index in [4.69, 9.17) is 4.74 Å². The van der Waals surface area contributed by atoms with Gasteiger partial charge in [0.25, 0.3) is 0 Å². The summed E-state index contributed by atoms with van der Waals surface area (Å²) in [5, 5.41) is 4.66. The zero-order chi connectivity index (χ0) is 28.5. The minimum Gasteiger partial charge on any atom is -0.368 e. The van der Waals surface area contributed by atoms with E-state index in [-0.39, 0.29) is 17.1 Å². The molecule has 208 valence electrons. The molecule has 0 aliphatic carbocycles. The Morgan fingerprint density at radius 2 is 1.55 bits per heavy atom. The number of carbonyl (C=O) groups excluding carboxylic acids is 2. The Labute approximate surface area is 218 Å². The largest absolute Gasteiger partial charge is 0.407 e. The number of Topliss-reactive ketones (excluding diaryl/α,β-unsaturated/α-hetero) is 1. The number of carbonyl (C=O) groups is 2. The minimum atomic E-state index is -4.84. The lowest BCUT2D eigenvalue weighted by Gasteiger charge is -2.30. The Morgan fingerprint density at radius 1 is 1.03 bits per heavy atom. The molecule has 1 aliphatic heterocycles. The summed E-state index contributed by atoms with van der Waals surface area (Å²) < 4.78 is 85.5. The number of sulfone groups is 1. The lowest BCUT2D eigenvalue weighted by atomic mass is 9.96. The first-order chi connectivity index (χ1) is 17.5. The Bertz CT molecular complexity index is 1260. The molecule has 7 nitrogen and oxygen atoms in total. The summed E-state index contributed by atoms with van der Waals surface area (Å²) in [6, 6.07) is 6.29. The molecular weight excluding hydrogens is 528 g/mol. The van der Waals surface area contributed by atoms with E-state index >= 15 is 0 Å². The van der Waals surface area contributed by atoms with E-state index in [1.54, 1.807) is 19.1 Å².